The first-order valence-electron chi connectivity index (χ1n) is 5.59. The minimum Gasteiger partial charge on any atom is -0.273 e. The van der Waals surface area contributed by atoms with Crippen LogP contribution in [0.1, 0.15) is 24.1 Å². The second-order valence-corrected chi connectivity index (χ2v) is 5.97. The fourth-order valence-electron chi connectivity index (χ4n) is 1.80. The van der Waals surface area contributed by atoms with E-state index >= 15 is 0 Å². The molecule has 2 aromatic rings. The first kappa shape index (κ1) is 14.0. The molecule has 0 aliphatic carbocycles. The van der Waals surface area contributed by atoms with Crippen molar-refractivity contribution in [3.63, 3.8) is 0 Å². The number of hydrazine groups is 1. The summed E-state index contributed by atoms with van der Waals surface area (Å²) in [5, 5.41) is 4.29. The van der Waals surface area contributed by atoms with Crippen LogP contribution >= 0.6 is 38.5 Å². The van der Waals surface area contributed by atoms with Crippen LogP contribution in [0.25, 0.3) is 0 Å². The number of hydrogen-bond donors (Lipinski definition) is 2. The third kappa shape index (κ3) is 2.93. The first-order chi connectivity index (χ1) is 8.65. The van der Waals surface area contributed by atoms with Gasteiger partial charge in [0.15, 0.2) is 0 Å². The van der Waals surface area contributed by atoms with Crippen LogP contribution in [0, 0.1) is 3.57 Å². The van der Waals surface area contributed by atoms with Crippen LogP contribution in [0.2, 0.25) is 0 Å². The minimum atomic E-state index is -0.0466. The van der Waals surface area contributed by atoms with E-state index in [1.54, 1.807) is 0 Å². The molecule has 0 spiro atoms. The number of halogens is 2. The largest absolute Gasteiger partial charge is 0.273 e. The highest BCUT2D eigenvalue weighted by atomic mass is 127. The predicted molar refractivity (Wildman–Crippen MR) is 83.9 cm³/mol. The number of nitrogens with zero attached hydrogens (tertiary/aromatic N) is 2. The molecule has 0 bridgehead atoms. The summed E-state index contributed by atoms with van der Waals surface area (Å²) in [6.07, 6.45) is 3.87. The second kappa shape index (κ2) is 6.14. The third-order valence-corrected chi connectivity index (χ3v) is 4.22. The predicted octanol–water partition coefficient (Wildman–Crippen LogP) is 2.82. The van der Waals surface area contributed by atoms with E-state index in [4.69, 9.17) is 5.84 Å². The molecule has 0 aliphatic heterocycles. The molecule has 1 aromatic carbocycles. The lowest BCUT2D eigenvalue weighted by atomic mass is 10.0. The van der Waals surface area contributed by atoms with Crippen molar-refractivity contribution in [2.45, 2.75) is 19.5 Å². The molecule has 96 valence electrons. The van der Waals surface area contributed by atoms with Crippen LogP contribution in [0.15, 0.2) is 35.1 Å². The lowest BCUT2D eigenvalue weighted by Gasteiger charge is -2.16. The van der Waals surface area contributed by atoms with Gasteiger partial charge in [0, 0.05) is 26.3 Å². The number of nitrogens with two attached hydrogens (primary N) is 1. The van der Waals surface area contributed by atoms with Crippen molar-refractivity contribution in [3.8, 4) is 0 Å². The molecule has 0 saturated heterocycles. The van der Waals surface area contributed by atoms with Gasteiger partial charge in [-0.2, -0.15) is 5.10 Å². The Morgan fingerprint density at radius 3 is 2.94 bits per heavy atom. The highest BCUT2D eigenvalue weighted by Gasteiger charge is 2.17. The van der Waals surface area contributed by atoms with E-state index in [1.807, 2.05) is 23.1 Å². The topological polar surface area (TPSA) is 55.9 Å². The van der Waals surface area contributed by atoms with Crippen LogP contribution in [-0.2, 0) is 6.54 Å². The summed E-state index contributed by atoms with van der Waals surface area (Å²) in [6, 6.07) is 6.12. The molecule has 4 nitrogen and oxygen atoms in total. The van der Waals surface area contributed by atoms with Crippen molar-refractivity contribution < 1.29 is 0 Å². The van der Waals surface area contributed by atoms with E-state index in [9.17, 15) is 0 Å². The second-order valence-electron chi connectivity index (χ2n) is 3.89. The summed E-state index contributed by atoms with van der Waals surface area (Å²) >= 11 is 5.81. The average Bonchev–Trinajstić information content (AvgIpc) is 2.83. The number of rotatable bonds is 4. The Bertz CT molecular complexity index is 541. The minimum absolute atomic E-state index is 0.0466. The van der Waals surface area contributed by atoms with Crippen molar-refractivity contribution in [1.29, 1.82) is 0 Å². The average molecular weight is 421 g/mol. The van der Waals surface area contributed by atoms with Crippen LogP contribution < -0.4 is 11.3 Å². The summed E-state index contributed by atoms with van der Waals surface area (Å²) in [5.41, 5.74) is 5.07. The molecule has 0 fully saturated rings. The molecule has 1 aromatic heterocycles. The maximum Gasteiger partial charge on any atom is 0.0751 e. The Balaban J connectivity index is 2.41. The fraction of sp³-hybridized carbons (Fsp3) is 0.250. The number of aryl methyl sites for hydroxylation is 1. The Kier molecular flexibility index (Phi) is 4.77. The molecule has 1 unspecified atom stereocenters. The molecule has 18 heavy (non-hydrogen) atoms. The number of nitrogens with one attached hydrogen (secondary N) is 1. The maximum absolute atomic E-state index is 5.70. The number of aromatic nitrogens is 2. The number of hydrogen-bond acceptors (Lipinski definition) is 3. The molecule has 0 aliphatic rings. The zero-order chi connectivity index (χ0) is 13.1. The van der Waals surface area contributed by atoms with Gasteiger partial charge in [0.1, 0.15) is 0 Å². The normalized spacial score (nSPS) is 12.7. The highest BCUT2D eigenvalue weighted by molar-refractivity contribution is 14.1. The molecular weight excluding hydrogens is 407 g/mol. The van der Waals surface area contributed by atoms with Gasteiger partial charge in [0.25, 0.3) is 0 Å². The molecule has 0 saturated carbocycles. The van der Waals surface area contributed by atoms with Gasteiger partial charge in [-0.25, -0.2) is 5.43 Å². The molecule has 0 radical (unpaired) electrons. The van der Waals surface area contributed by atoms with Gasteiger partial charge in [-0.3, -0.25) is 10.5 Å². The molecule has 3 N–H and O–H groups in total. The summed E-state index contributed by atoms with van der Waals surface area (Å²) in [6.45, 7) is 2.91. The van der Waals surface area contributed by atoms with E-state index in [2.05, 4.69) is 68.1 Å². The van der Waals surface area contributed by atoms with Crippen LogP contribution in [0.3, 0.4) is 0 Å². The van der Waals surface area contributed by atoms with Gasteiger partial charge >= 0.3 is 0 Å². The van der Waals surface area contributed by atoms with Gasteiger partial charge in [0.2, 0.25) is 0 Å². The monoisotopic (exact) mass is 420 g/mol. The molecular formula is C12H14BrIN4. The van der Waals surface area contributed by atoms with Crippen molar-refractivity contribution >= 4 is 38.5 Å². The summed E-state index contributed by atoms with van der Waals surface area (Å²) in [7, 11) is 0. The Morgan fingerprint density at radius 2 is 2.33 bits per heavy atom. The van der Waals surface area contributed by atoms with E-state index in [0.29, 0.717) is 0 Å². The summed E-state index contributed by atoms with van der Waals surface area (Å²) < 4.78 is 4.11. The Labute approximate surface area is 128 Å². The fourth-order valence-corrected chi connectivity index (χ4v) is 2.83. The molecule has 0 amide bonds. The lowest BCUT2D eigenvalue weighted by molar-refractivity contribution is 0.628. The quantitative estimate of drug-likeness (QED) is 0.454. The third-order valence-electron chi connectivity index (χ3n) is 2.75. The number of benzene rings is 1. The standard InChI is InChI=1S/C12H14BrIN4/c1-2-18-7-8(6-16-18)12(17-15)10-5-9(13)3-4-11(10)14/h3-7,12,17H,2,15H2,1H3. The summed E-state index contributed by atoms with van der Waals surface area (Å²) in [4.78, 5) is 0. The van der Waals surface area contributed by atoms with Crippen molar-refractivity contribution in [1.82, 2.24) is 15.2 Å². The van der Waals surface area contributed by atoms with Crippen LogP contribution in [0.4, 0.5) is 0 Å². The molecule has 2 rings (SSSR count). The maximum atomic E-state index is 5.70. The SMILES string of the molecule is CCn1cc(C(NN)c2cc(Br)ccc2I)cn1. The zero-order valence-electron chi connectivity index (χ0n) is 9.90. The van der Waals surface area contributed by atoms with Gasteiger partial charge in [-0.15, -0.1) is 0 Å². The van der Waals surface area contributed by atoms with Crippen molar-refractivity contribution in [2.24, 2.45) is 5.84 Å². The lowest BCUT2D eigenvalue weighted by Crippen LogP contribution is -2.29. The van der Waals surface area contributed by atoms with Crippen molar-refractivity contribution in [3.05, 3.63) is 49.8 Å². The van der Waals surface area contributed by atoms with Gasteiger partial charge in [-0.1, -0.05) is 15.9 Å². The zero-order valence-corrected chi connectivity index (χ0v) is 13.6. The van der Waals surface area contributed by atoms with Crippen LogP contribution in [0.5, 0.6) is 0 Å². The molecule has 6 heteroatoms. The Morgan fingerprint density at radius 1 is 1.56 bits per heavy atom. The summed E-state index contributed by atoms with van der Waals surface area (Å²) in [5.74, 6) is 5.70. The van der Waals surface area contributed by atoms with Gasteiger partial charge in [0.05, 0.1) is 12.2 Å². The smallest absolute Gasteiger partial charge is 0.0751 e. The van der Waals surface area contributed by atoms with E-state index in [0.717, 1.165) is 22.1 Å². The molecule has 1 heterocycles. The van der Waals surface area contributed by atoms with E-state index < -0.39 is 0 Å². The van der Waals surface area contributed by atoms with Gasteiger partial charge < -0.3 is 0 Å². The molecule has 1 atom stereocenters. The Hall–Kier alpha value is -0.440. The van der Waals surface area contributed by atoms with E-state index in [-0.39, 0.29) is 6.04 Å². The first-order valence-corrected chi connectivity index (χ1v) is 7.46. The van der Waals surface area contributed by atoms with Gasteiger partial charge in [-0.05, 0) is 53.3 Å². The van der Waals surface area contributed by atoms with Crippen LogP contribution in [-0.4, -0.2) is 9.78 Å². The van der Waals surface area contributed by atoms with Crippen molar-refractivity contribution in [2.75, 3.05) is 0 Å². The highest BCUT2D eigenvalue weighted by Crippen LogP contribution is 2.28. The van der Waals surface area contributed by atoms with E-state index in [1.165, 1.54) is 3.57 Å².